The van der Waals surface area contributed by atoms with E-state index in [2.05, 4.69) is 18.3 Å². The van der Waals surface area contributed by atoms with E-state index in [0.29, 0.717) is 6.54 Å². The molecule has 1 aromatic rings. The van der Waals surface area contributed by atoms with Gasteiger partial charge in [-0.05, 0) is 37.3 Å². The Morgan fingerprint density at radius 3 is 3.24 bits per heavy atom. The third-order valence-electron chi connectivity index (χ3n) is 3.33. The fourth-order valence-electron chi connectivity index (χ4n) is 2.42. The third kappa shape index (κ3) is 2.69. The molecular weight excluding hydrogens is 214 g/mol. The van der Waals surface area contributed by atoms with Crippen molar-refractivity contribution in [2.75, 3.05) is 6.54 Å². The molecule has 0 bridgehead atoms. The highest BCUT2D eigenvalue weighted by atomic mass is 16.1. The number of carbonyl (C=O) groups is 1. The smallest absolute Gasteiger partial charge is 0.239 e. The van der Waals surface area contributed by atoms with E-state index in [1.54, 1.807) is 0 Å². The molecule has 1 aromatic heterocycles. The molecule has 0 saturated carbocycles. The summed E-state index contributed by atoms with van der Waals surface area (Å²) < 4.78 is 2.04. The number of nitrogens with one attached hydrogen (secondary N) is 1. The SMILES string of the molecule is CCCNC(=O)Cn1ccc2c1CCCC2N. The van der Waals surface area contributed by atoms with Crippen LogP contribution in [0.3, 0.4) is 0 Å². The van der Waals surface area contributed by atoms with Gasteiger partial charge < -0.3 is 15.6 Å². The second kappa shape index (κ2) is 5.36. The molecule has 94 valence electrons. The van der Waals surface area contributed by atoms with Gasteiger partial charge in [0.05, 0.1) is 0 Å². The standard InChI is InChI=1S/C13H21N3O/c1-2-7-15-13(17)9-16-8-6-10-11(14)4-3-5-12(10)16/h6,8,11H,2-5,7,9,14H2,1H3,(H,15,17). The summed E-state index contributed by atoms with van der Waals surface area (Å²) in [6.07, 6.45) is 6.17. The van der Waals surface area contributed by atoms with Crippen molar-refractivity contribution >= 4 is 5.91 Å². The minimum atomic E-state index is 0.0874. The third-order valence-corrected chi connectivity index (χ3v) is 3.33. The minimum Gasteiger partial charge on any atom is -0.355 e. The lowest BCUT2D eigenvalue weighted by atomic mass is 9.94. The molecule has 1 amide bonds. The highest BCUT2D eigenvalue weighted by molar-refractivity contribution is 5.75. The molecule has 0 saturated heterocycles. The first-order valence-electron chi connectivity index (χ1n) is 6.42. The molecule has 4 nitrogen and oxygen atoms in total. The van der Waals surface area contributed by atoms with E-state index < -0.39 is 0 Å². The van der Waals surface area contributed by atoms with E-state index in [9.17, 15) is 4.79 Å². The minimum absolute atomic E-state index is 0.0874. The molecule has 4 heteroatoms. The van der Waals surface area contributed by atoms with Crippen LogP contribution in [0.15, 0.2) is 12.3 Å². The van der Waals surface area contributed by atoms with Crippen LogP contribution >= 0.6 is 0 Å². The van der Waals surface area contributed by atoms with Gasteiger partial charge in [0, 0.05) is 24.5 Å². The number of nitrogens with two attached hydrogens (primary N) is 1. The quantitative estimate of drug-likeness (QED) is 0.827. The van der Waals surface area contributed by atoms with E-state index >= 15 is 0 Å². The van der Waals surface area contributed by atoms with Crippen LogP contribution in [0.1, 0.15) is 43.5 Å². The van der Waals surface area contributed by atoms with Crippen molar-refractivity contribution in [1.29, 1.82) is 0 Å². The predicted molar refractivity (Wildman–Crippen MR) is 67.6 cm³/mol. The first-order valence-corrected chi connectivity index (χ1v) is 6.42. The fourth-order valence-corrected chi connectivity index (χ4v) is 2.42. The highest BCUT2D eigenvalue weighted by Gasteiger charge is 2.20. The average molecular weight is 235 g/mol. The summed E-state index contributed by atoms with van der Waals surface area (Å²) in [5.74, 6) is 0.0874. The Balaban J connectivity index is 2.04. The van der Waals surface area contributed by atoms with Crippen LogP contribution in [0.5, 0.6) is 0 Å². The van der Waals surface area contributed by atoms with E-state index in [4.69, 9.17) is 5.73 Å². The van der Waals surface area contributed by atoms with Crippen LogP contribution in [-0.2, 0) is 17.8 Å². The van der Waals surface area contributed by atoms with Gasteiger partial charge in [-0.15, -0.1) is 0 Å². The molecule has 1 heterocycles. The highest BCUT2D eigenvalue weighted by Crippen LogP contribution is 2.28. The van der Waals surface area contributed by atoms with Gasteiger partial charge in [0.25, 0.3) is 0 Å². The van der Waals surface area contributed by atoms with Crippen LogP contribution in [0.25, 0.3) is 0 Å². The Hall–Kier alpha value is -1.29. The molecule has 1 atom stereocenters. The molecule has 1 aliphatic rings. The Labute approximate surface area is 102 Å². The maximum atomic E-state index is 11.7. The van der Waals surface area contributed by atoms with Gasteiger partial charge in [-0.3, -0.25) is 4.79 Å². The van der Waals surface area contributed by atoms with Crippen LogP contribution in [0, 0.1) is 0 Å². The molecular formula is C13H21N3O. The zero-order chi connectivity index (χ0) is 12.3. The number of fused-ring (bicyclic) bond motifs is 1. The Morgan fingerprint density at radius 1 is 1.65 bits per heavy atom. The molecule has 17 heavy (non-hydrogen) atoms. The second-order valence-corrected chi connectivity index (χ2v) is 4.69. The van der Waals surface area contributed by atoms with Crippen molar-refractivity contribution in [2.45, 2.75) is 45.2 Å². The van der Waals surface area contributed by atoms with E-state index in [1.165, 1.54) is 11.3 Å². The van der Waals surface area contributed by atoms with Crippen molar-refractivity contribution in [3.05, 3.63) is 23.5 Å². The number of rotatable bonds is 4. The van der Waals surface area contributed by atoms with E-state index in [0.717, 1.165) is 32.2 Å². The normalized spacial score (nSPS) is 18.8. The topological polar surface area (TPSA) is 60.0 Å². The van der Waals surface area contributed by atoms with Crippen LogP contribution in [-0.4, -0.2) is 17.0 Å². The number of hydrogen-bond acceptors (Lipinski definition) is 2. The Bertz CT molecular complexity index is 397. The average Bonchev–Trinajstić information content (AvgIpc) is 2.71. The number of nitrogens with zero attached hydrogens (tertiary/aromatic N) is 1. The maximum absolute atomic E-state index is 11.7. The van der Waals surface area contributed by atoms with Crippen LogP contribution in [0.4, 0.5) is 0 Å². The number of amides is 1. The fraction of sp³-hybridized carbons (Fsp3) is 0.615. The molecule has 1 aliphatic carbocycles. The lowest BCUT2D eigenvalue weighted by Crippen LogP contribution is -2.29. The second-order valence-electron chi connectivity index (χ2n) is 4.69. The lowest BCUT2D eigenvalue weighted by Gasteiger charge is -2.20. The van der Waals surface area contributed by atoms with Crippen molar-refractivity contribution in [3.8, 4) is 0 Å². The zero-order valence-corrected chi connectivity index (χ0v) is 10.4. The Kier molecular flexibility index (Phi) is 3.84. The molecule has 0 aliphatic heterocycles. The van der Waals surface area contributed by atoms with Gasteiger partial charge >= 0.3 is 0 Å². The number of aromatic nitrogens is 1. The monoisotopic (exact) mass is 235 g/mol. The molecule has 0 spiro atoms. The van der Waals surface area contributed by atoms with Crippen molar-refractivity contribution in [1.82, 2.24) is 9.88 Å². The van der Waals surface area contributed by atoms with Gasteiger partial charge in [0.1, 0.15) is 6.54 Å². The molecule has 0 fully saturated rings. The lowest BCUT2D eigenvalue weighted by molar-refractivity contribution is -0.121. The van der Waals surface area contributed by atoms with Gasteiger partial charge in [-0.25, -0.2) is 0 Å². The summed E-state index contributed by atoms with van der Waals surface area (Å²) >= 11 is 0. The first kappa shape index (κ1) is 12.2. The van der Waals surface area contributed by atoms with Crippen LogP contribution in [0.2, 0.25) is 0 Å². The summed E-state index contributed by atoms with van der Waals surface area (Å²) in [4.78, 5) is 11.7. The number of hydrogen-bond donors (Lipinski definition) is 2. The summed E-state index contributed by atoms with van der Waals surface area (Å²) in [5.41, 5.74) is 8.52. The predicted octanol–water partition coefficient (Wildman–Crippen LogP) is 1.35. The van der Waals surface area contributed by atoms with Gasteiger partial charge in [0.2, 0.25) is 5.91 Å². The summed E-state index contributed by atoms with van der Waals surface area (Å²) in [6, 6.07) is 2.21. The number of carbonyl (C=O) groups excluding carboxylic acids is 1. The van der Waals surface area contributed by atoms with Crippen molar-refractivity contribution in [2.24, 2.45) is 5.73 Å². The summed E-state index contributed by atoms with van der Waals surface area (Å²) in [6.45, 7) is 3.22. The first-order chi connectivity index (χ1) is 8.22. The molecule has 3 N–H and O–H groups in total. The largest absolute Gasteiger partial charge is 0.355 e. The zero-order valence-electron chi connectivity index (χ0n) is 10.4. The van der Waals surface area contributed by atoms with Crippen molar-refractivity contribution in [3.63, 3.8) is 0 Å². The van der Waals surface area contributed by atoms with E-state index in [-0.39, 0.29) is 11.9 Å². The van der Waals surface area contributed by atoms with Gasteiger partial charge in [-0.2, -0.15) is 0 Å². The molecule has 1 unspecified atom stereocenters. The molecule has 0 radical (unpaired) electrons. The summed E-state index contributed by atoms with van der Waals surface area (Å²) in [5, 5.41) is 2.90. The molecule has 2 rings (SSSR count). The van der Waals surface area contributed by atoms with Gasteiger partial charge in [0.15, 0.2) is 0 Å². The Morgan fingerprint density at radius 2 is 2.47 bits per heavy atom. The van der Waals surface area contributed by atoms with Crippen LogP contribution < -0.4 is 11.1 Å². The van der Waals surface area contributed by atoms with Gasteiger partial charge in [-0.1, -0.05) is 6.92 Å². The molecule has 0 aromatic carbocycles. The summed E-state index contributed by atoms with van der Waals surface area (Å²) in [7, 11) is 0. The van der Waals surface area contributed by atoms with Crippen molar-refractivity contribution < 1.29 is 4.79 Å². The maximum Gasteiger partial charge on any atom is 0.239 e. The van der Waals surface area contributed by atoms with E-state index in [1.807, 2.05) is 10.8 Å².